The van der Waals surface area contributed by atoms with E-state index in [1.807, 2.05) is 11.8 Å². The average Bonchev–Trinajstić information content (AvgIpc) is 2.20. The van der Waals surface area contributed by atoms with E-state index in [0.717, 1.165) is 17.0 Å². The molecule has 0 N–H and O–H groups in total. The molecule has 14 heavy (non-hydrogen) atoms. The van der Waals surface area contributed by atoms with Crippen LogP contribution in [0.15, 0.2) is 16.9 Å². The fraction of sp³-hybridized carbons (Fsp3) is 0.556. The van der Waals surface area contributed by atoms with Crippen molar-refractivity contribution >= 4 is 33.6 Å². The molecule has 1 atom stereocenters. The molecule has 1 aliphatic heterocycles. The molecule has 2 rings (SSSR count). The van der Waals surface area contributed by atoms with Crippen molar-refractivity contribution in [1.82, 2.24) is 9.97 Å². The van der Waals surface area contributed by atoms with Crippen LogP contribution in [0.1, 0.15) is 6.92 Å². The smallest absolute Gasteiger partial charge is 0.225 e. The summed E-state index contributed by atoms with van der Waals surface area (Å²) in [5.41, 5.74) is 0. The lowest BCUT2D eigenvalue weighted by atomic mass is 10.3. The minimum absolute atomic E-state index is 0.537. The van der Waals surface area contributed by atoms with Crippen LogP contribution < -0.4 is 4.90 Å². The van der Waals surface area contributed by atoms with Gasteiger partial charge in [-0.1, -0.05) is 0 Å². The molecule has 0 spiro atoms. The van der Waals surface area contributed by atoms with Crippen LogP contribution in [0.25, 0.3) is 0 Å². The van der Waals surface area contributed by atoms with Crippen molar-refractivity contribution < 1.29 is 0 Å². The number of thioether (sulfide) groups is 1. The number of hydrogen-bond acceptors (Lipinski definition) is 4. The molecule has 1 aromatic rings. The van der Waals surface area contributed by atoms with Gasteiger partial charge in [0.15, 0.2) is 0 Å². The maximum Gasteiger partial charge on any atom is 0.225 e. The van der Waals surface area contributed by atoms with Gasteiger partial charge in [-0.25, -0.2) is 9.97 Å². The number of halogens is 1. The van der Waals surface area contributed by atoms with E-state index >= 15 is 0 Å². The van der Waals surface area contributed by atoms with E-state index in [4.69, 9.17) is 0 Å². The van der Waals surface area contributed by atoms with Gasteiger partial charge in [-0.3, -0.25) is 0 Å². The average molecular weight is 274 g/mol. The van der Waals surface area contributed by atoms with Crippen molar-refractivity contribution in [2.24, 2.45) is 0 Å². The van der Waals surface area contributed by atoms with Gasteiger partial charge in [-0.2, -0.15) is 11.8 Å². The molecule has 1 saturated heterocycles. The van der Waals surface area contributed by atoms with Gasteiger partial charge in [-0.15, -0.1) is 0 Å². The Kier molecular flexibility index (Phi) is 3.28. The molecule has 0 amide bonds. The molecular weight excluding hydrogens is 262 g/mol. The Hall–Kier alpha value is -0.290. The maximum absolute atomic E-state index is 4.31. The van der Waals surface area contributed by atoms with Crippen LogP contribution in [0.4, 0.5) is 5.95 Å². The fourth-order valence-corrected chi connectivity index (χ4v) is 2.70. The Morgan fingerprint density at radius 3 is 2.86 bits per heavy atom. The molecule has 0 radical (unpaired) electrons. The second-order valence-electron chi connectivity index (χ2n) is 3.32. The molecule has 0 aromatic carbocycles. The Labute approximate surface area is 96.4 Å². The molecule has 1 fully saturated rings. The van der Waals surface area contributed by atoms with E-state index in [1.54, 1.807) is 12.4 Å². The maximum atomic E-state index is 4.31. The highest BCUT2D eigenvalue weighted by molar-refractivity contribution is 9.10. The van der Waals surface area contributed by atoms with Crippen LogP contribution >= 0.6 is 27.7 Å². The normalized spacial score (nSPS) is 22.4. The Bertz CT molecular complexity index is 303. The molecule has 0 aliphatic carbocycles. The summed E-state index contributed by atoms with van der Waals surface area (Å²) in [6.07, 6.45) is 3.60. The first-order valence-electron chi connectivity index (χ1n) is 4.59. The van der Waals surface area contributed by atoms with E-state index in [2.05, 4.69) is 37.7 Å². The fourth-order valence-electron chi connectivity index (χ4n) is 1.48. The van der Waals surface area contributed by atoms with Crippen LogP contribution in [0, 0.1) is 0 Å². The summed E-state index contributed by atoms with van der Waals surface area (Å²) in [7, 11) is 0. The predicted octanol–water partition coefficient (Wildman–Crippen LogP) is 2.18. The van der Waals surface area contributed by atoms with E-state index in [-0.39, 0.29) is 0 Å². The lowest BCUT2D eigenvalue weighted by molar-refractivity contribution is 0.677. The first kappa shape index (κ1) is 10.2. The number of aromatic nitrogens is 2. The third kappa shape index (κ3) is 2.20. The summed E-state index contributed by atoms with van der Waals surface area (Å²) >= 11 is 5.34. The number of rotatable bonds is 1. The van der Waals surface area contributed by atoms with E-state index < -0.39 is 0 Å². The molecule has 0 saturated carbocycles. The van der Waals surface area contributed by atoms with Crippen molar-refractivity contribution in [2.45, 2.75) is 13.0 Å². The third-order valence-electron chi connectivity index (χ3n) is 2.23. The van der Waals surface area contributed by atoms with Gasteiger partial charge in [-0.05, 0) is 22.9 Å². The van der Waals surface area contributed by atoms with Crippen molar-refractivity contribution in [3.05, 3.63) is 16.9 Å². The molecule has 76 valence electrons. The van der Waals surface area contributed by atoms with Crippen molar-refractivity contribution in [3.8, 4) is 0 Å². The predicted molar refractivity (Wildman–Crippen MR) is 63.9 cm³/mol. The highest BCUT2D eigenvalue weighted by atomic mass is 79.9. The van der Waals surface area contributed by atoms with E-state index in [1.165, 1.54) is 11.5 Å². The standard InChI is InChI=1S/C9H12BrN3S/c1-7-6-14-3-2-13(7)9-11-4-8(10)5-12-9/h4-5,7H,2-3,6H2,1H3. The summed E-state index contributed by atoms with van der Waals surface area (Å²) in [4.78, 5) is 10.9. The lowest BCUT2D eigenvalue weighted by Crippen LogP contribution is -2.41. The number of nitrogens with zero attached hydrogens (tertiary/aromatic N) is 3. The minimum atomic E-state index is 0.537. The summed E-state index contributed by atoms with van der Waals surface area (Å²) in [6, 6.07) is 0.537. The highest BCUT2D eigenvalue weighted by Gasteiger charge is 2.20. The Balaban J connectivity index is 2.16. The molecular formula is C9H12BrN3S. The summed E-state index contributed by atoms with van der Waals surface area (Å²) < 4.78 is 0.931. The SMILES string of the molecule is CC1CSCCN1c1ncc(Br)cn1. The van der Waals surface area contributed by atoms with Crippen molar-refractivity contribution in [3.63, 3.8) is 0 Å². The number of anilines is 1. The zero-order valence-electron chi connectivity index (χ0n) is 7.98. The van der Waals surface area contributed by atoms with Crippen LogP contribution in [-0.4, -0.2) is 34.1 Å². The van der Waals surface area contributed by atoms with Gasteiger partial charge in [0.25, 0.3) is 0 Å². The second kappa shape index (κ2) is 4.49. The van der Waals surface area contributed by atoms with Crippen LogP contribution in [0.2, 0.25) is 0 Å². The quantitative estimate of drug-likeness (QED) is 0.785. The van der Waals surface area contributed by atoms with Crippen LogP contribution in [0.5, 0.6) is 0 Å². The van der Waals surface area contributed by atoms with Gasteiger partial charge >= 0.3 is 0 Å². The first-order valence-corrected chi connectivity index (χ1v) is 6.54. The topological polar surface area (TPSA) is 29.0 Å². The Morgan fingerprint density at radius 2 is 2.21 bits per heavy atom. The van der Waals surface area contributed by atoms with Gasteiger partial charge in [0.1, 0.15) is 0 Å². The zero-order chi connectivity index (χ0) is 9.97. The third-order valence-corrected chi connectivity index (χ3v) is 3.83. The largest absolute Gasteiger partial charge is 0.336 e. The van der Waals surface area contributed by atoms with Gasteiger partial charge < -0.3 is 4.90 Å². The molecule has 1 aromatic heterocycles. The molecule has 0 bridgehead atoms. The first-order chi connectivity index (χ1) is 6.77. The lowest BCUT2D eigenvalue weighted by Gasteiger charge is -2.32. The van der Waals surface area contributed by atoms with Gasteiger partial charge in [0.05, 0.1) is 4.47 Å². The number of hydrogen-bond donors (Lipinski definition) is 0. The Morgan fingerprint density at radius 1 is 1.50 bits per heavy atom. The van der Waals surface area contributed by atoms with Gasteiger partial charge in [0.2, 0.25) is 5.95 Å². The minimum Gasteiger partial charge on any atom is -0.336 e. The van der Waals surface area contributed by atoms with E-state index in [0.29, 0.717) is 6.04 Å². The van der Waals surface area contributed by atoms with Crippen molar-refractivity contribution in [2.75, 3.05) is 23.0 Å². The molecule has 2 heterocycles. The van der Waals surface area contributed by atoms with Crippen LogP contribution in [-0.2, 0) is 0 Å². The molecule has 5 heteroatoms. The molecule has 1 aliphatic rings. The van der Waals surface area contributed by atoms with Crippen molar-refractivity contribution in [1.29, 1.82) is 0 Å². The second-order valence-corrected chi connectivity index (χ2v) is 5.38. The highest BCUT2D eigenvalue weighted by Crippen LogP contribution is 2.20. The molecule has 1 unspecified atom stereocenters. The van der Waals surface area contributed by atoms with Gasteiger partial charge in [0, 0.05) is 36.5 Å². The summed E-state index contributed by atoms with van der Waals surface area (Å²) in [6.45, 7) is 3.27. The summed E-state index contributed by atoms with van der Waals surface area (Å²) in [5.74, 6) is 3.18. The molecule has 3 nitrogen and oxygen atoms in total. The summed E-state index contributed by atoms with van der Waals surface area (Å²) in [5, 5.41) is 0. The monoisotopic (exact) mass is 273 g/mol. The van der Waals surface area contributed by atoms with Crippen LogP contribution in [0.3, 0.4) is 0 Å². The zero-order valence-corrected chi connectivity index (χ0v) is 10.4. The van der Waals surface area contributed by atoms with E-state index in [9.17, 15) is 0 Å².